The molecular weight excluding hydrogens is 309 g/mol. The minimum atomic E-state index is -4.69. The number of alkyl halides is 3. The Morgan fingerprint density at radius 2 is 1.96 bits per heavy atom. The van der Waals surface area contributed by atoms with Crippen molar-refractivity contribution in [2.24, 2.45) is 0 Å². The van der Waals surface area contributed by atoms with Gasteiger partial charge < -0.3 is 14.8 Å². The average molecular weight is 332 g/mol. The average Bonchev–Trinajstić information content (AvgIpc) is 2.52. The molecule has 1 aliphatic rings. The van der Waals surface area contributed by atoms with Crippen LogP contribution in [0.5, 0.6) is 11.5 Å². The van der Waals surface area contributed by atoms with Crippen molar-refractivity contribution >= 4 is 0 Å². The van der Waals surface area contributed by atoms with Crippen molar-refractivity contribution in [2.45, 2.75) is 32.2 Å². The molecule has 2 rings (SSSR count). The Morgan fingerprint density at radius 1 is 1.26 bits per heavy atom. The van der Waals surface area contributed by atoms with E-state index in [4.69, 9.17) is 4.74 Å². The number of ether oxygens (including phenoxy) is 2. The maximum Gasteiger partial charge on any atom is 0.573 e. The zero-order valence-corrected chi connectivity index (χ0v) is 13.4. The molecule has 0 unspecified atom stereocenters. The number of methoxy groups -OCH3 is 1. The molecule has 0 aliphatic carbocycles. The summed E-state index contributed by atoms with van der Waals surface area (Å²) in [7, 11) is 1.53. The highest BCUT2D eigenvalue weighted by Gasteiger charge is 2.32. The van der Waals surface area contributed by atoms with Crippen LogP contribution in [0.2, 0.25) is 0 Å². The molecule has 0 amide bonds. The molecular formula is C16H23F3N2O2. The van der Waals surface area contributed by atoms with E-state index in [0.717, 1.165) is 44.6 Å². The molecule has 0 saturated carbocycles. The molecule has 0 spiro atoms. The second kappa shape index (κ2) is 7.88. The molecule has 1 heterocycles. The van der Waals surface area contributed by atoms with Crippen LogP contribution in [0.3, 0.4) is 0 Å². The number of halogens is 3. The third-order valence-corrected chi connectivity index (χ3v) is 3.95. The van der Waals surface area contributed by atoms with Crippen LogP contribution in [0, 0.1) is 0 Å². The molecule has 1 saturated heterocycles. The zero-order valence-electron chi connectivity index (χ0n) is 13.4. The Labute approximate surface area is 134 Å². The Kier molecular flexibility index (Phi) is 6.12. The standard InChI is InChI=1S/C16H23F3N2O2/c1-3-4-14(21-9-7-20-8-10-21)13-11-12(23-16(17,18)19)5-6-15(13)22-2/h5-6,11,14,20H,3-4,7-10H2,1-2H3/t14-/m0/s1. The number of piperazine rings is 1. The van der Waals surface area contributed by atoms with Crippen LogP contribution in [0.1, 0.15) is 31.4 Å². The molecule has 4 nitrogen and oxygen atoms in total. The summed E-state index contributed by atoms with van der Waals surface area (Å²) >= 11 is 0. The molecule has 1 aromatic carbocycles. The van der Waals surface area contributed by atoms with E-state index in [1.807, 2.05) is 0 Å². The van der Waals surface area contributed by atoms with Gasteiger partial charge in [-0.3, -0.25) is 4.90 Å². The van der Waals surface area contributed by atoms with Gasteiger partial charge in [0.25, 0.3) is 0 Å². The van der Waals surface area contributed by atoms with E-state index < -0.39 is 6.36 Å². The summed E-state index contributed by atoms with van der Waals surface area (Å²) in [6.45, 7) is 5.54. The first kappa shape index (κ1) is 17.9. The van der Waals surface area contributed by atoms with Gasteiger partial charge in [-0.25, -0.2) is 0 Å². The zero-order chi connectivity index (χ0) is 16.9. The minimum Gasteiger partial charge on any atom is -0.496 e. The van der Waals surface area contributed by atoms with Crippen LogP contribution in [0.15, 0.2) is 18.2 Å². The second-order valence-corrected chi connectivity index (χ2v) is 5.54. The van der Waals surface area contributed by atoms with E-state index >= 15 is 0 Å². The third-order valence-electron chi connectivity index (χ3n) is 3.95. The third kappa shape index (κ3) is 5.00. The number of hydrogen-bond acceptors (Lipinski definition) is 4. The molecule has 1 fully saturated rings. The summed E-state index contributed by atoms with van der Waals surface area (Å²) in [6.07, 6.45) is -2.91. The summed E-state index contributed by atoms with van der Waals surface area (Å²) in [5.74, 6) is 0.390. The fourth-order valence-electron chi connectivity index (χ4n) is 2.97. The van der Waals surface area contributed by atoms with Crippen molar-refractivity contribution in [2.75, 3.05) is 33.3 Å². The predicted octanol–water partition coefficient (Wildman–Crippen LogP) is 3.34. The number of benzene rings is 1. The van der Waals surface area contributed by atoms with E-state index in [2.05, 4.69) is 21.9 Å². The summed E-state index contributed by atoms with van der Waals surface area (Å²) < 4.78 is 46.9. The van der Waals surface area contributed by atoms with Gasteiger partial charge in [-0.15, -0.1) is 13.2 Å². The highest BCUT2D eigenvalue weighted by atomic mass is 19.4. The van der Waals surface area contributed by atoms with Crippen molar-refractivity contribution in [1.29, 1.82) is 0 Å². The van der Waals surface area contributed by atoms with Crippen molar-refractivity contribution in [3.63, 3.8) is 0 Å². The van der Waals surface area contributed by atoms with Crippen molar-refractivity contribution < 1.29 is 22.6 Å². The Morgan fingerprint density at radius 3 is 2.52 bits per heavy atom. The molecule has 1 aliphatic heterocycles. The van der Waals surface area contributed by atoms with E-state index in [9.17, 15) is 13.2 Å². The molecule has 1 N–H and O–H groups in total. The Balaban J connectivity index is 2.32. The molecule has 0 aromatic heterocycles. The van der Waals surface area contributed by atoms with Gasteiger partial charge in [0.15, 0.2) is 0 Å². The normalized spacial score (nSPS) is 17.8. The van der Waals surface area contributed by atoms with Gasteiger partial charge in [-0.1, -0.05) is 13.3 Å². The largest absolute Gasteiger partial charge is 0.573 e. The second-order valence-electron chi connectivity index (χ2n) is 5.54. The molecule has 1 atom stereocenters. The molecule has 0 radical (unpaired) electrons. The van der Waals surface area contributed by atoms with Crippen LogP contribution in [0.4, 0.5) is 13.2 Å². The lowest BCUT2D eigenvalue weighted by atomic mass is 9.98. The summed E-state index contributed by atoms with van der Waals surface area (Å²) in [6, 6.07) is 4.31. The van der Waals surface area contributed by atoms with Crippen molar-refractivity contribution in [3.05, 3.63) is 23.8 Å². The quantitative estimate of drug-likeness (QED) is 0.866. The number of nitrogens with zero attached hydrogens (tertiary/aromatic N) is 1. The summed E-state index contributed by atoms with van der Waals surface area (Å²) in [4.78, 5) is 2.29. The van der Waals surface area contributed by atoms with Gasteiger partial charge >= 0.3 is 6.36 Å². The van der Waals surface area contributed by atoms with Gasteiger partial charge in [0.2, 0.25) is 0 Å². The Hall–Kier alpha value is -1.47. The highest BCUT2D eigenvalue weighted by Crippen LogP contribution is 2.36. The summed E-state index contributed by atoms with van der Waals surface area (Å²) in [5, 5.41) is 3.29. The monoisotopic (exact) mass is 332 g/mol. The van der Waals surface area contributed by atoms with Crippen LogP contribution >= 0.6 is 0 Å². The topological polar surface area (TPSA) is 33.7 Å². The van der Waals surface area contributed by atoms with Gasteiger partial charge in [-0.2, -0.15) is 0 Å². The van der Waals surface area contributed by atoms with Gasteiger partial charge in [0.1, 0.15) is 11.5 Å². The summed E-state index contributed by atoms with van der Waals surface area (Å²) in [5.41, 5.74) is 0.748. The smallest absolute Gasteiger partial charge is 0.496 e. The van der Waals surface area contributed by atoms with Crippen LogP contribution in [0.25, 0.3) is 0 Å². The van der Waals surface area contributed by atoms with Gasteiger partial charge in [0.05, 0.1) is 7.11 Å². The molecule has 23 heavy (non-hydrogen) atoms. The predicted molar refractivity (Wildman–Crippen MR) is 81.8 cm³/mol. The van der Waals surface area contributed by atoms with E-state index in [-0.39, 0.29) is 11.8 Å². The lowest BCUT2D eigenvalue weighted by molar-refractivity contribution is -0.274. The van der Waals surface area contributed by atoms with E-state index in [1.165, 1.54) is 19.2 Å². The minimum absolute atomic E-state index is 0.0221. The fourth-order valence-corrected chi connectivity index (χ4v) is 2.97. The highest BCUT2D eigenvalue weighted by molar-refractivity contribution is 5.42. The van der Waals surface area contributed by atoms with Gasteiger partial charge in [-0.05, 0) is 24.6 Å². The van der Waals surface area contributed by atoms with Gasteiger partial charge in [0, 0.05) is 37.8 Å². The number of hydrogen-bond donors (Lipinski definition) is 1. The maximum atomic E-state index is 12.5. The molecule has 7 heteroatoms. The van der Waals surface area contributed by atoms with Crippen LogP contribution in [-0.4, -0.2) is 44.6 Å². The van der Waals surface area contributed by atoms with Crippen molar-refractivity contribution in [1.82, 2.24) is 10.2 Å². The fraction of sp³-hybridized carbons (Fsp3) is 0.625. The molecule has 130 valence electrons. The van der Waals surface area contributed by atoms with Crippen LogP contribution in [-0.2, 0) is 0 Å². The number of nitrogens with one attached hydrogen (secondary N) is 1. The van der Waals surface area contributed by atoms with Crippen molar-refractivity contribution in [3.8, 4) is 11.5 Å². The maximum absolute atomic E-state index is 12.5. The first-order valence-corrected chi connectivity index (χ1v) is 7.83. The lowest BCUT2D eigenvalue weighted by Crippen LogP contribution is -2.45. The molecule has 0 bridgehead atoms. The first-order chi connectivity index (χ1) is 10.9. The molecule has 1 aromatic rings. The number of rotatable bonds is 6. The van der Waals surface area contributed by atoms with E-state index in [0.29, 0.717) is 5.75 Å². The van der Waals surface area contributed by atoms with Crippen LogP contribution < -0.4 is 14.8 Å². The van der Waals surface area contributed by atoms with E-state index in [1.54, 1.807) is 6.07 Å². The SMILES string of the molecule is CCC[C@@H](c1cc(OC(F)(F)F)ccc1OC)N1CCNCC1. The first-order valence-electron chi connectivity index (χ1n) is 7.83. The Bertz CT molecular complexity index is 503. The lowest BCUT2D eigenvalue weighted by Gasteiger charge is -2.36.